The molecule has 114 valence electrons. The first-order chi connectivity index (χ1) is 10.1. The van der Waals surface area contributed by atoms with Gasteiger partial charge >= 0.3 is 0 Å². The fourth-order valence-corrected chi connectivity index (χ4v) is 2.59. The molecule has 2 aromatic rings. The molecule has 0 aliphatic heterocycles. The van der Waals surface area contributed by atoms with Gasteiger partial charge in [0.2, 0.25) is 0 Å². The van der Waals surface area contributed by atoms with Crippen LogP contribution >= 0.6 is 11.6 Å². The molecule has 6 heteroatoms. The summed E-state index contributed by atoms with van der Waals surface area (Å²) in [5, 5.41) is 5.11. The number of rotatable bonds is 6. The minimum atomic E-state index is -0.134. The van der Waals surface area contributed by atoms with Gasteiger partial charge in [-0.3, -0.25) is 16.0 Å². The molecule has 0 saturated heterocycles. The normalized spacial score (nSPS) is 12.7. The van der Waals surface area contributed by atoms with Crippen LogP contribution in [-0.4, -0.2) is 16.9 Å². The van der Waals surface area contributed by atoms with Crippen molar-refractivity contribution in [3.63, 3.8) is 0 Å². The SMILES string of the molecule is COc1cnn(C(C)C)c1C(Cc1ccccc1Cl)NN. The molecule has 0 aliphatic rings. The van der Waals surface area contributed by atoms with Crippen molar-refractivity contribution in [1.82, 2.24) is 15.2 Å². The number of aromatic nitrogens is 2. The number of methoxy groups -OCH3 is 1. The Hall–Kier alpha value is -1.56. The number of nitrogens with one attached hydrogen (secondary N) is 1. The molecule has 0 radical (unpaired) electrons. The second kappa shape index (κ2) is 6.93. The maximum Gasteiger partial charge on any atom is 0.161 e. The summed E-state index contributed by atoms with van der Waals surface area (Å²) in [6.07, 6.45) is 2.37. The highest BCUT2D eigenvalue weighted by atomic mass is 35.5. The second-order valence-electron chi connectivity index (χ2n) is 5.15. The van der Waals surface area contributed by atoms with Crippen LogP contribution in [-0.2, 0) is 6.42 Å². The lowest BCUT2D eigenvalue weighted by molar-refractivity contribution is 0.384. The highest BCUT2D eigenvalue weighted by molar-refractivity contribution is 6.31. The van der Waals surface area contributed by atoms with Crippen LogP contribution in [0, 0.1) is 0 Å². The average molecular weight is 309 g/mol. The molecule has 0 spiro atoms. The molecule has 1 aromatic carbocycles. The molecule has 0 aliphatic carbocycles. The monoisotopic (exact) mass is 308 g/mol. The predicted octanol–water partition coefficient (Wildman–Crippen LogP) is 2.87. The van der Waals surface area contributed by atoms with E-state index < -0.39 is 0 Å². The van der Waals surface area contributed by atoms with Gasteiger partial charge in [-0.2, -0.15) is 5.10 Å². The molecular formula is C15H21ClN4O. The molecule has 0 saturated carbocycles. The third kappa shape index (κ3) is 3.37. The van der Waals surface area contributed by atoms with E-state index in [1.807, 2.05) is 28.9 Å². The van der Waals surface area contributed by atoms with Crippen LogP contribution in [0.2, 0.25) is 5.02 Å². The topological polar surface area (TPSA) is 65.1 Å². The van der Waals surface area contributed by atoms with E-state index in [-0.39, 0.29) is 12.1 Å². The van der Waals surface area contributed by atoms with E-state index in [4.69, 9.17) is 22.2 Å². The van der Waals surface area contributed by atoms with Gasteiger partial charge in [-0.15, -0.1) is 0 Å². The lowest BCUT2D eigenvalue weighted by Gasteiger charge is -2.21. The maximum absolute atomic E-state index is 6.24. The Morgan fingerprint density at radius 2 is 2.10 bits per heavy atom. The minimum Gasteiger partial charge on any atom is -0.493 e. The van der Waals surface area contributed by atoms with Crippen molar-refractivity contribution in [2.45, 2.75) is 32.4 Å². The van der Waals surface area contributed by atoms with Crippen molar-refractivity contribution in [2.75, 3.05) is 7.11 Å². The van der Waals surface area contributed by atoms with Crippen molar-refractivity contribution < 1.29 is 4.74 Å². The molecule has 5 nitrogen and oxygen atoms in total. The number of ether oxygens (including phenoxy) is 1. The zero-order valence-electron chi connectivity index (χ0n) is 12.5. The van der Waals surface area contributed by atoms with Crippen LogP contribution in [0.1, 0.15) is 37.2 Å². The van der Waals surface area contributed by atoms with Gasteiger partial charge in [0.15, 0.2) is 5.75 Å². The lowest BCUT2D eigenvalue weighted by Crippen LogP contribution is -2.32. The van der Waals surface area contributed by atoms with Crippen molar-refractivity contribution in [1.29, 1.82) is 0 Å². The summed E-state index contributed by atoms with van der Waals surface area (Å²) in [4.78, 5) is 0. The van der Waals surface area contributed by atoms with Crippen LogP contribution in [0.15, 0.2) is 30.5 Å². The van der Waals surface area contributed by atoms with Crippen molar-refractivity contribution in [3.8, 4) is 5.75 Å². The Morgan fingerprint density at radius 3 is 2.67 bits per heavy atom. The fourth-order valence-electron chi connectivity index (χ4n) is 2.37. The minimum absolute atomic E-state index is 0.134. The van der Waals surface area contributed by atoms with Crippen molar-refractivity contribution >= 4 is 11.6 Å². The molecule has 0 bridgehead atoms. The zero-order valence-corrected chi connectivity index (χ0v) is 13.3. The Balaban J connectivity index is 2.37. The molecule has 1 aromatic heterocycles. The second-order valence-corrected chi connectivity index (χ2v) is 5.56. The summed E-state index contributed by atoms with van der Waals surface area (Å²) < 4.78 is 7.33. The van der Waals surface area contributed by atoms with E-state index in [1.54, 1.807) is 13.3 Å². The van der Waals surface area contributed by atoms with Gasteiger partial charge in [0.05, 0.1) is 25.0 Å². The number of hydrogen-bond acceptors (Lipinski definition) is 4. The number of nitrogens with zero attached hydrogens (tertiary/aromatic N) is 2. The summed E-state index contributed by atoms with van der Waals surface area (Å²) in [5.41, 5.74) is 4.80. The van der Waals surface area contributed by atoms with Gasteiger partial charge in [0.1, 0.15) is 0 Å². The summed E-state index contributed by atoms with van der Waals surface area (Å²) in [7, 11) is 1.63. The summed E-state index contributed by atoms with van der Waals surface area (Å²) >= 11 is 6.24. The Morgan fingerprint density at radius 1 is 1.38 bits per heavy atom. The third-order valence-electron chi connectivity index (χ3n) is 3.42. The van der Waals surface area contributed by atoms with E-state index >= 15 is 0 Å². The molecular weight excluding hydrogens is 288 g/mol. The van der Waals surface area contributed by atoms with Crippen LogP contribution in [0.25, 0.3) is 0 Å². The highest BCUT2D eigenvalue weighted by Gasteiger charge is 2.23. The van der Waals surface area contributed by atoms with Crippen LogP contribution in [0.3, 0.4) is 0 Å². The zero-order chi connectivity index (χ0) is 15.4. The molecule has 0 amide bonds. The van der Waals surface area contributed by atoms with Gasteiger partial charge in [-0.05, 0) is 31.9 Å². The Bertz CT molecular complexity index is 597. The maximum atomic E-state index is 6.24. The van der Waals surface area contributed by atoms with Crippen molar-refractivity contribution in [2.24, 2.45) is 5.84 Å². The van der Waals surface area contributed by atoms with Gasteiger partial charge in [-0.25, -0.2) is 0 Å². The molecule has 1 heterocycles. The largest absolute Gasteiger partial charge is 0.493 e. The Kier molecular flexibility index (Phi) is 5.22. The molecule has 1 atom stereocenters. The number of nitrogens with two attached hydrogens (primary N) is 1. The van der Waals surface area contributed by atoms with Gasteiger partial charge < -0.3 is 4.74 Å². The standard InChI is InChI=1S/C15H21ClN4O/c1-10(2)20-15(14(21-3)9-18-20)13(19-17)8-11-6-4-5-7-12(11)16/h4-7,9-10,13,19H,8,17H2,1-3H3. The molecule has 0 fully saturated rings. The molecule has 1 unspecified atom stereocenters. The lowest BCUT2D eigenvalue weighted by atomic mass is 10.0. The first-order valence-electron chi connectivity index (χ1n) is 6.89. The Labute approximate surface area is 130 Å². The van der Waals surface area contributed by atoms with E-state index in [1.165, 1.54) is 0 Å². The van der Waals surface area contributed by atoms with Gasteiger partial charge in [-0.1, -0.05) is 29.8 Å². The van der Waals surface area contributed by atoms with Crippen LogP contribution in [0.4, 0.5) is 0 Å². The van der Waals surface area contributed by atoms with Crippen LogP contribution in [0.5, 0.6) is 5.75 Å². The predicted molar refractivity (Wildman–Crippen MR) is 84.4 cm³/mol. The molecule has 2 rings (SSSR count). The van der Waals surface area contributed by atoms with Crippen molar-refractivity contribution in [3.05, 3.63) is 46.7 Å². The van der Waals surface area contributed by atoms with E-state index in [0.717, 1.165) is 22.0 Å². The number of hydrogen-bond donors (Lipinski definition) is 2. The molecule has 21 heavy (non-hydrogen) atoms. The fraction of sp³-hybridized carbons (Fsp3) is 0.400. The quantitative estimate of drug-likeness (QED) is 0.636. The number of halogens is 1. The van der Waals surface area contributed by atoms with E-state index in [2.05, 4.69) is 24.4 Å². The highest BCUT2D eigenvalue weighted by Crippen LogP contribution is 2.30. The van der Waals surface area contributed by atoms with E-state index in [9.17, 15) is 0 Å². The van der Waals surface area contributed by atoms with Gasteiger partial charge in [0.25, 0.3) is 0 Å². The first kappa shape index (κ1) is 15.8. The average Bonchev–Trinajstić information content (AvgIpc) is 2.90. The number of hydrazine groups is 1. The van der Waals surface area contributed by atoms with Crippen LogP contribution < -0.4 is 16.0 Å². The molecule has 3 N–H and O–H groups in total. The summed E-state index contributed by atoms with van der Waals surface area (Å²) in [5.74, 6) is 6.49. The van der Waals surface area contributed by atoms with E-state index in [0.29, 0.717) is 6.42 Å². The van der Waals surface area contributed by atoms with Gasteiger partial charge in [0, 0.05) is 11.1 Å². The summed E-state index contributed by atoms with van der Waals surface area (Å²) in [6.45, 7) is 4.14. The summed E-state index contributed by atoms with van der Waals surface area (Å²) in [6, 6.07) is 7.83. The first-order valence-corrected chi connectivity index (χ1v) is 7.27. The third-order valence-corrected chi connectivity index (χ3v) is 3.79. The number of benzene rings is 1. The smallest absolute Gasteiger partial charge is 0.161 e.